The SMILES string of the molecule is CCCCOCC(O)CN(CC(=O)O)CC(F)(F)F. The Balaban J connectivity index is 4.11. The molecule has 0 aliphatic heterocycles. The lowest BCUT2D eigenvalue weighted by molar-refractivity contribution is -0.156. The van der Waals surface area contributed by atoms with Crippen LogP contribution in [-0.4, -0.2) is 66.2 Å². The largest absolute Gasteiger partial charge is 0.480 e. The molecule has 0 saturated carbocycles. The number of alkyl halides is 3. The van der Waals surface area contributed by atoms with Crippen LogP contribution in [0.1, 0.15) is 19.8 Å². The van der Waals surface area contributed by atoms with Crippen molar-refractivity contribution in [2.24, 2.45) is 0 Å². The van der Waals surface area contributed by atoms with Gasteiger partial charge >= 0.3 is 12.1 Å². The smallest absolute Gasteiger partial charge is 0.401 e. The molecule has 0 aromatic heterocycles. The fraction of sp³-hybridized carbons (Fsp3) is 0.909. The highest BCUT2D eigenvalue weighted by Gasteiger charge is 2.32. The number of carboxylic acid groups (broad SMARTS) is 1. The number of rotatable bonds is 10. The molecule has 114 valence electrons. The Morgan fingerprint density at radius 3 is 2.53 bits per heavy atom. The van der Waals surface area contributed by atoms with Crippen molar-refractivity contribution in [3.05, 3.63) is 0 Å². The highest BCUT2D eigenvalue weighted by atomic mass is 19.4. The number of carboxylic acids is 1. The van der Waals surface area contributed by atoms with Crippen molar-refractivity contribution in [3.63, 3.8) is 0 Å². The van der Waals surface area contributed by atoms with Gasteiger partial charge in [-0.1, -0.05) is 13.3 Å². The Hall–Kier alpha value is -0.860. The molecule has 2 N–H and O–H groups in total. The first-order valence-electron chi connectivity index (χ1n) is 6.01. The van der Waals surface area contributed by atoms with Crippen LogP contribution in [0.25, 0.3) is 0 Å². The van der Waals surface area contributed by atoms with Gasteiger partial charge in [-0.05, 0) is 6.42 Å². The number of ether oxygens (including phenoxy) is 1. The molecular weight excluding hydrogens is 267 g/mol. The quantitative estimate of drug-likeness (QED) is 0.589. The Morgan fingerprint density at radius 1 is 1.42 bits per heavy atom. The van der Waals surface area contributed by atoms with Crippen molar-refractivity contribution in [1.82, 2.24) is 4.90 Å². The van der Waals surface area contributed by atoms with E-state index < -0.39 is 37.9 Å². The van der Waals surface area contributed by atoms with E-state index in [1.54, 1.807) is 0 Å². The molecule has 0 bridgehead atoms. The zero-order valence-corrected chi connectivity index (χ0v) is 10.8. The van der Waals surface area contributed by atoms with Crippen LogP contribution in [0.3, 0.4) is 0 Å². The molecule has 8 heteroatoms. The van der Waals surface area contributed by atoms with Gasteiger partial charge < -0.3 is 14.9 Å². The molecule has 0 aromatic carbocycles. The van der Waals surface area contributed by atoms with Gasteiger partial charge in [-0.25, -0.2) is 0 Å². The highest BCUT2D eigenvalue weighted by molar-refractivity contribution is 5.69. The molecule has 0 fully saturated rings. The third kappa shape index (κ3) is 11.9. The van der Waals surface area contributed by atoms with E-state index in [1.807, 2.05) is 6.92 Å². The van der Waals surface area contributed by atoms with E-state index in [2.05, 4.69) is 0 Å². The molecule has 0 rings (SSSR count). The second kappa shape index (κ2) is 9.11. The lowest BCUT2D eigenvalue weighted by atomic mass is 10.3. The van der Waals surface area contributed by atoms with E-state index in [0.717, 1.165) is 12.8 Å². The average molecular weight is 287 g/mol. The van der Waals surface area contributed by atoms with Gasteiger partial charge in [-0.15, -0.1) is 0 Å². The third-order valence-corrected chi connectivity index (χ3v) is 2.18. The fourth-order valence-corrected chi connectivity index (χ4v) is 1.45. The zero-order valence-electron chi connectivity index (χ0n) is 10.8. The minimum Gasteiger partial charge on any atom is -0.480 e. The Bertz CT molecular complexity index is 261. The average Bonchev–Trinajstić information content (AvgIpc) is 2.20. The number of aliphatic hydroxyl groups excluding tert-OH is 1. The van der Waals surface area contributed by atoms with Gasteiger partial charge in [0.05, 0.1) is 25.8 Å². The molecule has 19 heavy (non-hydrogen) atoms. The summed E-state index contributed by atoms with van der Waals surface area (Å²) in [6.45, 7) is -0.258. The van der Waals surface area contributed by atoms with Crippen molar-refractivity contribution >= 4 is 5.97 Å². The van der Waals surface area contributed by atoms with Crippen molar-refractivity contribution < 1.29 is 32.9 Å². The van der Waals surface area contributed by atoms with Crippen molar-refractivity contribution in [2.75, 3.05) is 32.8 Å². The maximum atomic E-state index is 12.2. The van der Waals surface area contributed by atoms with Gasteiger partial charge in [0.15, 0.2) is 0 Å². The number of halogens is 3. The van der Waals surface area contributed by atoms with E-state index >= 15 is 0 Å². The summed E-state index contributed by atoms with van der Waals surface area (Å²) in [6, 6.07) is 0. The molecule has 5 nitrogen and oxygen atoms in total. The van der Waals surface area contributed by atoms with Crippen LogP contribution in [0.15, 0.2) is 0 Å². The summed E-state index contributed by atoms with van der Waals surface area (Å²) >= 11 is 0. The summed E-state index contributed by atoms with van der Waals surface area (Å²) in [5.74, 6) is -1.37. The van der Waals surface area contributed by atoms with Gasteiger partial charge in [-0.2, -0.15) is 13.2 Å². The van der Waals surface area contributed by atoms with E-state index in [4.69, 9.17) is 9.84 Å². The number of carbonyl (C=O) groups is 1. The van der Waals surface area contributed by atoms with Gasteiger partial charge in [0, 0.05) is 13.2 Å². The second-order valence-electron chi connectivity index (χ2n) is 4.26. The van der Waals surface area contributed by atoms with Crippen molar-refractivity contribution in [2.45, 2.75) is 32.0 Å². The van der Waals surface area contributed by atoms with Crippen LogP contribution in [0.5, 0.6) is 0 Å². The Labute approximate surface area is 110 Å². The molecule has 0 heterocycles. The highest BCUT2D eigenvalue weighted by Crippen LogP contribution is 2.16. The topological polar surface area (TPSA) is 70.0 Å². The molecule has 0 aliphatic carbocycles. The minimum absolute atomic E-state index is 0.103. The van der Waals surface area contributed by atoms with E-state index in [1.165, 1.54) is 0 Å². The van der Waals surface area contributed by atoms with E-state index in [0.29, 0.717) is 11.5 Å². The van der Waals surface area contributed by atoms with Gasteiger partial charge in [0.2, 0.25) is 0 Å². The van der Waals surface area contributed by atoms with Gasteiger partial charge in [0.1, 0.15) is 0 Å². The predicted octanol–water partition coefficient (Wildman–Crippen LogP) is 1.11. The molecule has 0 aromatic rings. The lowest BCUT2D eigenvalue weighted by Gasteiger charge is -2.24. The van der Waals surface area contributed by atoms with Crippen LogP contribution < -0.4 is 0 Å². The molecule has 0 radical (unpaired) electrons. The van der Waals surface area contributed by atoms with Crippen LogP contribution in [0, 0.1) is 0 Å². The first kappa shape index (κ1) is 18.1. The Morgan fingerprint density at radius 2 is 2.05 bits per heavy atom. The predicted molar refractivity (Wildman–Crippen MR) is 61.9 cm³/mol. The number of aliphatic hydroxyl groups is 1. The lowest BCUT2D eigenvalue weighted by Crippen LogP contribution is -2.43. The summed E-state index contributed by atoms with van der Waals surface area (Å²) < 4.78 is 41.7. The molecule has 0 saturated heterocycles. The third-order valence-electron chi connectivity index (χ3n) is 2.18. The second-order valence-corrected chi connectivity index (χ2v) is 4.26. The van der Waals surface area contributed by atoms with Crippen molar-refractivity contribution in [3.8, 4) is 0 Å². The number of unbranched alkanes of at least 4 members (excludes halogenated alkanes) is 1. The first-order valence-corrected chi connectivity index (χ1v) is 6.01. The number of hydrogen-bond acceptors (Lipinski definition) is 4. The number of nitrogens with zero attached hydrogens (tertiary/aromatic N) is 1. The first-order chi connectivity index (χ1) is 8.74. The molecule has 1 unspecified atom stereocenters. The summed E-state index contributed by atoms with van der Waals surface area (Å²) in [5, 5.41) is 18.0. The normalized spacial score (nSPS) is 13.8. The van der Waals surface area contributed by atoms with Crippen LogP contribution in [0.2, 0.25) is 0 Å². The van der Waals surface area contributed by atoms with Gasteiger partial charge in [-0.3, -0.25) is 9.69 Å². The maximum Gasteiger partial charge on any atom is 0.401 e. The Kier molecular flexibility index (Phi) is 8.70. The summed E-state index contributed by atoms with van der Waals surface area (Å²) in [7, 11) is 0. The van der Waals surface area contributed by atoms with Crippen molar-refractivity contribution in [1.29, 1.82) is 0 Å². The standard InChI is InChI=1S/C11H20F3NO4/c1-2-3-4-19-7-9(16)5-15(6-10(17)18)8-11(12,13)14/h9,16H,2-8H2,1H3,(H,17,18). The fourth-order valence-electron chi connectivity index (χ4n) is 1.45. The van der Waals surface area contributed by atoms with Crippen LogP contribution >= 0.6 is 0 Å². The molecular formula is C11H20F3NO4. The molecule has 1 atom stereocenters. The number of aliphatic carboxylic acids is 1. The monoisotopic (exact) mass is 287 g/mol. The van der Waals surface area contributed by atoms with Crippen LogP contribution in [-0.2, 0) is 9.53 Å². The number of hydrogen-bond donors (Lipinski definition) is 2. The summed E-state index contributed by atoms with van der Waals surface area (Å²) in [6.07, 6.45) is -3.93. The molecule has 0 spiro atoms. The minimum atomic E-state index is -4.50. The van der Waals surface area contributed by atoms with E-state index in [-0.39, 0.29) is 6.61 Å². The van der Waals surface area contributed by atoms with E-state index in [9.17, 15) is 23.1 Å². The molecule has 0 aliphatic rings. The maximum absolute atomic E-state index is 12.2. The van der Waals surface area contributed by atoms with Crippen LogP contribution in [0.4, 0.5) is 13.2 Å². The zero-order chi connectivity index (χ0) is 14.9. The van der Waals surface area contributed by atoms with Gasteiger partial charge in [0.25, 0.3) is 0 Å². The molecule has 0 amide bonds. The summed E-state index contributed by atoms with van der Waals surface area (Å²) in [5.41, 5.74) is 0. The summed E-state index contributed by atoms with van der Waals surface area (Å²) in [4.78, 5) is 11.1.